The molecule has 147 heavy (non-hydrogen) atoms. The fraction of sp³-hybridized carbons (Fsp3) is 0.566. The van der Waals surface area contributed by atoms with Crippen molar-refractivity contribution in [3.63, 3.8) is 0 Å². The minimum atomic E-state index is -1.64. The fourth-order valence-electron chi connectivity index (χ4n) is 21.1. The number of aliphatic hydroxyl groups is 5. The van der Waals surface area contributed by atoms with Gasteiger partial charge in [0, 0.05) is 94.3 Å². The summed E-state index contributed by atoms with van der Waals surface area (Å²) in [4.78, 5) is 47.1. The molecule has 5 aliphatic rings. The van der Waals surface area contributed by atoms with E-state index in [9.17, 15) is 30.3 Å². The number of alkyl halides is 1. The predicted octanol–water partition coefficient (Wildman–Crippen LogP) is 32.5. The minimum absolute atomic E-state index is 0.0104. The van der Waals surface area contributed by atoms with Gasteiger partial charge in [0.1, 0.15) is 11.3 Å². The molecule has 4 saturated carbocycles. The van der Waals surface area contributed by atoms with Crippen molar-refractivity contribution in [3.05, 3.63) is 305 Å². The number of aromatic nitrogens is 7. The number of pyridine rings is 7. The summed E-state index contributed by atoms with van der Waals surface area (Å²) in [6.45, 7) is 63.5. The number of carbonyl (C=O) groups excluding carboxylic acids is 1. The summed E-state index contributed by atoms with van der Waals surface area (Å²) in [5.41, 5.74) is 4.06. The van der Waals surface area contributed by atoms with Crippen LogP contribution in [-0.2, 0) is 21.7 Å². The average molecular weight is 2030 g/mol. The topological polar surface area (TPSA) is 245 Å². The van der Waals surface area contributed by atoms with Crippen molar-refractivity contribution >= 4 is 40.2 Å². The molecule has 4 fully saturated rings. The molecule has 18 heteroatoms. The Labute approximate surface area is 892 Å². The van der Waals surface area contributed by atoms with Crippen molar-refractivity contribution in [1.29, 1.82) is 0 Å². The van der Waals surface area contributed by atoms with E-state index in [1.807, 2.05) is 224 Å². The number of unbranched alkanes of at least 4 members (excludes halogenated alkanes) is 2. The molecule has 0 spiro atoms. The van der Waals surface area contributed by atoms with Gasteiger partial charge in [-0.3, -0.25) is 34.7 Å². The van der Waals surface area contributed by atoms with Crippen LogP contribution in [0.25, 0.3) is 10.9 Å². The summed E-state index contributed by atoms with van der Waals surface area (Å²) in [6, 6.07) is 64.6. The van der Waals surface area contributed by atoms with Crippen LogP contribution in [0.3, 0.4) is 0 Å². The third-order valence-electron chi connectivity index (χ3n) is 31.5. The second kappa shape index (κ2) is 55.1. The van der Waals surface area contributed by atoms with E-state index in [1.165, 1.54) is 96.3 Å². The third-order valence-corrected chi connectivity index (χ3v) is 31.8. The zero-order valence-electron chi connectivity index (χ0n) is 95.6. The van der Waals surface area contributed by atoms with Crippen LogP contribution in [0.15, 0.2) is 260 Å². The maximum absolute atomic E-state index is 15.3. The average Bonchev–Trinajstić information content (AvgIpc) is 1.70. The van der Waals surface area contributed by atoms with E-state index >= 15 is 4.39 Å². The molecule has 1 aliphatic heterocycles. The molecule has 15 rings (SSSR count). The molecule has 6 unspecified atom stereocenters. The number of nitrogens with zero attached hydrogens (tertiary/aromatic N) is 8. The van der Waals surface area contributed by atoms with Crippen molar-refractivity contribution in [2.75, 3.05) is 5.32 Å². The Bertz CT molecular complexity index is 5510. The van der Waals surface area contributed by atoms with E-state index in [2.05, 4.69) is 199 Å². The molecule has 16 nitrogen and oxygen atoms in total. The molecule has 0 radical (unpaired) electrons. The van der Waals surface area contributed by atoms with Gasteiger partial charge >= 0.3 is 0 Å². The summed E-state index contributed by atoms with van der Waals surface area (Å²) in [6.07, 6.45) is 38.7. The van der Waals surface area contributed by atoms with Gasteiger partial charge in [0.05, 0.1) is 68.7 Å². The highest BCUT2D eigenvalue weighted by Gasteiger charge is 2.54. The first-order chi connectivity index (χ1) is 68.9. The largest absolute Gasteiger partial charge is 0.389 e. The third kappa shape index (κ3) is 33.3. The summed E-state index contributed by atoms with van der Waals surface area (Å²) < 4.78 is 15.3. The highest BCUT2D eigenvalue weighted by atomic mass is 35.5. The number of carbonyl (C=O) groups is 1. The van der Waals surface area contributed by atoms with Crippen molar-refractivity contribution in [2.24, 2.45) is 77.9 Å². The lowest BCUT2D eigenvalue weighted by Crippen LogP contribution is -2.53. The monoisotopic (exact) mass is 2030 g/mol. The quantitative estimate of drug-likeness (QED) is 0.0197. The van der Waals surface area contributed by atoms with Crippen LogP contribution in [0.2, 0.25) is 5.02 Å². The predicted molar refractivity (Wildman–Crippen MR) is 613 cm³/mol. The van der Waals surface area contributed by atoms with Gasteiger partial charge in [-0.15, -0.1) is 0 Å². The Hall–Kier alpha value is -9.39. The minimum Gasteiger partial charge on any atom is -0.389 e. The molecule has 3 aromatic carbocycles. The lowest BCUT2D eigenvalue weighted by Gasteiger charge is -2.49. The molecule has 0 saturated heterocycles. The zero-order valence-corrected chi connectivity index (χ0v) is 96.4. The van der Waals surface area contributed by atoms with Crippen LogP contribution >= 0.6 is 11.6 Å². The van der Waals surface area contributed by atoms with E-state index in [0.717, 1.165) is 83.5 Å². The number of halogens is 2. The van der Waals surface area contributed by atoms with Gasteiger partial charge in [-0.1, -0.05) is 374 Å². The molecule has 804 valence electrons. The van der Waals surface area contributed by atoms with E-state index in [-0.39, 0.29) is 39.4 Å². The van der Waals surface area contributed by atoms with E-state index in [1.54, 1.807) is 85.6 Å². The Morgan fingerprint density at radius 2 is 0.830 bits per heavy atom. The highest BCUT2D eigenvalue weighted by molar-refractivity contribution is 6.30. The van der Waals surface area contributed by atoms with Gasteiger partial charge in [0.15, 0.2) is 22.7 Å². The van der Waals surface area contributed by atoms with Gasteiger partial charge < -0.3 is 36.2 Å². The molecular formula is C129H188ClFN10O6. The molecular weight excluding hydrogens is 1840 g/mol. The Kier molecular flexibility index (Phi) is 46.6. The molecule has 10 aromatic rings. The number of hydrogen-bond donors (Lipinski definition) is 7. The summed E-state index contributed by atoms with van der Waals surface area (Å²) in [7, 11) is 0. The first kappa shape index (κ1) is 125. The molecule has 7 N–H and O–H groups in total. The number of Topliss-reactive ketones (excluding diaryl/α,β-unsaturated/α-hetero) is 1. The van der Waals surface area contributed by atoms with Gasteiger partial charge in [-0.05, 0) is 242 Å². The number of hydrogen-bond acceptors (Lipinski definition) is 16. The maximum Gasteiger partial charge on any atom is 0.196 e. The molecule has 6 atom stereocenters. The van der Waals surface area contributed by atoms with Crippen LogP contribution in [0.1, 0.15) is 400 Å². The number of anilines is 1. The summed E-state index contributed by atoms with van der Waals surface area (Å²) >= 11 is 5.92. The molecule has 0 bridgehead atoms. The van der Waals surface area contributed by atoms with Gasteiger partial charge in [-0.25, -0.2) is 14.4 Å². The number of rotatable bonds is 26. The zero-order chi connectivity index (χ0) is 109. The molecule has 7 aromatic heterocycles. The summed E-state index contributed by atoms with van der Waals surface area (Å²) in [5, 5.41) is 63.9. The highest BCUT2D eigenvalue weighted by Crippen LogP contribution is 2.54. The van der Waals surface area contributed by atoms with Crippen LogP contribution < -0.4 is 10.6 Å². The second-order valence-electron chi connectivity index (χ2n) is 49.4. The number of benzene rings is 3. The van der Waals surface area contributed by atoms with E-state index < -0.39 is 49.9 Å². The van der Waals surface area contributed by atoms with Gasteiger partial charge in [-0.2, -0.15) is 0 Å². The van der Waals surface area contributed by atoms with Crippen molar-refractivity contribution in [3.8, 4) is 0 Å². The lowest BCUT2D eigenvalue weighted by molar-refractivity contribution is -0.144. The normalized spacial score (nSPS) is 16.9. The number of aliphatic imine (C=N–C) groups is 1. The van der Waals surface area contributed by atoms with E-state index in [4.69, 9.17) is 16.6 Å². The SMILES string of the molecule is CC(C)(C)C(NC1CC1)c1ccccn1.CC(C)(C)C(Nc1ccccc1)c1ccccn1.CC(C)(C)C(O)(C1CCCC1)C1CCCC1.CC(C)(C)C(O)(c1ccc(Cl)cc1)c1ccccn1.CC(C)(C)C(O)(c1ccccn1)c1ccc2ccccc2n1.CC(C)C(F)(c1ccccn1)c1ccccn1.CCC(C)(C(C)C)C1CCCC1.CCC(O)(CC)C(C)(C)C.CCCCCC(=O)C(O)(C1=C=CC=N1)C(C)(C)C. The number of fused-ring (bicyclic) bond motifs is 1. The Morgan fingerprint density at radius 1 is 0.415 bits per heavy atom. The Morgan fingerprint density at radius 3 is 1.18 bits per heavy atom. The number of ketones is 1. The smallest absolute Gasteiger partial charge is 0.196 e. The van der Waals surface area contributed by atoms with Crippen molar-refractivity contribution < 1.29 is 34.7 Å². The molecule has 8 heterocycles. The van der Waals surface area contributed by atoms with Crippen LogP contribution in [-0.4, -0.2) is 95.3 Å². The summed E-state index contributed by atoms with van der Waals surface area (Å²) in [5.74, 6) is 2.62. The lowest BCUT2D eigenvalue weighted by atomic mass is 9.61. The molecule has 0 amide bonds. The van der Waals surface area contributed by atoms with Gasteiger partial charge in [0.25, 0.3) is 0 Å². The maximum atomic E-state index is 15.3. The first-order valence-corrected chi connectivity index (χ1v) is 55.3. The first-order valence-electron chi connectivity index (χ1n) is 54.9. The molecule has 4 aliphatic carbocycles. The fourth-order valence-corrected chi connectivity index (χ4v) is 21.2. The van der Waals surface area contributed by atoms with Crippen LogP contribution in [0, 0.1) is 72.9 Å². The van der Waals surface area contributed by atoms with Crippen molar-refractivity contribution in [2.45, 2.75) is 394 Å². The Balaban J connectivity index is 0.000000226. The van der Waals surface area contributed by atoms with Crippen LogP contribution in [0.4, 0.5) is 10.1 Å². The number of para-hydroxylation sites is 2. The van der Waals surface area contributed by atoms with Crippen molar-refractivity contribution in [1.82, 2.24) is 40.2 Å². The standard InChI is InChI=1S/C19H20N2O.C16H18ClNO.C16H20N2.C15H23NO2.C15H28O.C14H15FN2.C13H20N2.C12H24.C9H20O/c1-18(2,3)19(22,16-10-6-7-13-20-16)17-12-11-14-8-4-5-9-15(14)21-17;1-15(2,3)16(19,14-6-4-5-11-18-14)12-7-9-13(17)10-8-12;1-16(2,3)15(14-11-7-8-12-17-14)18-13-9-5-4-6-10-13;1-5-6-7-10-13(17)15(18,14(2,3)4)12-9-8-11-16-12;1-14(2,3)15(16,12-8-4-5-9-12)13-10-6-7-11-13;1-11(2)14(15,12-7-3-5-9-16-12)13-8-4-6-10-17-13;1-13(2,3)12(15-10-7-8-10)11-6-4-5-9-14-11;1-5-12(4,10(2)3)11-8-6-7-9-11;1-6-9(10,7-2)8(3,4)5/h4-13,22H,1-3H3;4-11,19H,1-3H3;4-12,15,18H,1-3H3;8,11,18H,5-7,10H2,1-4H3;12-13,16H,4-11H2,1-3H3;3-11H,1-2H3;4-6,9-10,12,15H,7-8H2,1-3H3;10-11H,5-9H2,1-4H3;10H,6-7H2,1-5H3. The second-order valence-corrected chi connectivity index (χ2v) is 49.8. The van der Waals surface area contributed by atoms with Crippen LogP contribution in [0.5, 0.6) is 0 Å². The van der Waals surface area contributed by atoms with Gasteiger partial charge in [0.2, 0.25) is 0 Å². The number of nitrogens with one attached hydrogen (secondary N) is 2. The van der Waals surface area contributed by atoms with E-state index in [0.29, 0.717) is 68.9 Å².